The monoisotopic (exact) mass is 568 g/mol. The van der Waals surface area contributed by atoms with E-state index in [-0.39, 0.29) is 25.4 Å². The summed E-state index contributed by atoms with van der Waals surface area (Å²) in [6.07, 6.45) is 2.17. The van der Waals surface area contributed by atoms with Gasteiger partial charge < -0.3 is 9.47 Å². The fourth-order valence-electron chi connectivity index (χ4n) is 2.82. The van der Waals surface area contributed by atoms with Crippen molar-refractivity contribution in [2.24, 2.45) is 0 Å². The lowest BCUT2D eigenvalue weighted by atomic mass is 10.1. The lowest BCUT2D eigenvalue weighted by Gasteiger charge is -2.12. The standard InChI is InChI=1S/C23H26Br2N2O5/c1-16-13-18(24)14-19(25)23(16)32-15-21(29)27-26-20(28)10-5-11-22(30)31-12-6-9-17-7-3-2-4-8-17/h2-4,7-8,13-14H,5-6,9-12,15H2,1H3,(H,26,28)(H,27,29). The van der Waals surface area contributed by atoms with E-state index >= 15 is 0 Å². The number of ether oxygens (including phenoxy) is 2. The Hall–Kier alpha value is -2.39. The second-order valence-electron chi connectivity index (χ2n) is 7.08. The smallest absolute Gasteiger partial charge is 0.305 e. The predicted octanol–water partition coefficient (Wildman–Crippen LogP) is 4.39. The van der Waals surface area contributed by atoms with Crippen molar-refractivity contribution < 1.29 is 23.9 Å². The van der Waals surface area contributed by atoms with Gasteiger partial charge in [-0.1, -0.05) is 46.3 Å². The normalized spacial score (nSPS) is 10.3. The van der Waals surface area contributed by atoms with Crippen LogP contribution in [-0.4, -0.2) is 31.0 Å². The summed E-state index contributed by atoms with van der Waals surface area (Å²) in [5.74, 6) is -0.669. The summed E-state index contributed by atoms with van der Waals surface area (Å²) in [6.45, 7) is 1.96. The minimum Gasteiger partial charge on any atom is -0.482 e. The molecule has 172 valence electrons. The van der Waals surface area contributed by atoms with Gasteiger partial charge in [0.15, 0.2) is 6.61 Å². The number of benzene rings is 2. The van der Waals surface area contributed by atoms with Crippen molar-refractivity contribution in [1.82, 2.24) is 10.9 Å². The van der Waals surface area contributed by atoms with Gasteiger partial charge in [-0.15, -0.1) is 0 Å². The Morgan fingerprint density at radius 1 is 0.938 bits per heavy atom. The number of halogens is 2. The summed E-state index contributed by atoms with van der Waals surface area (Å²) in [6, 6.07) is 13.7. The molecule has 0 heterocycles. The number of carbonyl (C=O) groups is 3. The number of rotatable bonds is 11. The number of esters is 1. The highest BCUT2D eigenvalue weighted by Crippen LogP contribution is 2.32. The summed E-state index contributed by atoms with van der Waals surface area (Å²) in [7, 11) is 0. The quantitative estimate of drug-likeness (QED) is 0.238. The Morgan fingerprint density at radius 2 is 1.66 bits per heavy atom. The Kier molecular flexibility index (Phi) is 11.2. The molecule has 0 radical (unpaired) electrons. The molecule has 0 saturated heterocycles. The number of aryl methyl sites for hydroxylation is 2. The van der Waals surface area contributed by atoms with Crippen LogP contribution in [0.2, 0.25) is 0 Å². The Morgan fingerprint density at radius 3 is 2.38 bits per heavy atom. The van der Waals surface area contributed by atoms with Gasteiger partial charge in [0.2, 0.25) is 5.91 Å². The van der Waals surface area contributed by atoms with Crippen LogP contribution in [0.3, 0.4) is 0 Å². The van der Waals surface area contributed by atoms with Crippen LogP contribution in [0.1, 0.15) is 36.8 Å². The average Bonchev–Trinajstić information content (AvgIpc) is 2.75. The average molecular weight is 570 g/mol. The van der Waals surface area contributed by atoms with E-state index in [1.54, 1.807) is 0 Å². The minimum atomic E-state index is -0.495. The molecule has 7 nitrogen and oxygen atoms in total. The van der Waals surface area contributed by atoms with Gasteiger partial charge in [0.05, 0.1) is 11.1 Å². The van der Waals surface area contributed by atoms with Gasteiger partial charge in [-0.3, -0.25) is 25.2 Å². The lowest BCUT2D eigenvalue weighted by Crippen LogP contribution is -2.43. The van der Waals surface area contributed by atoms with Crippen molar-refractivity contribution in [3.8, 4) is 5.75 Å². The fourth-order valence-corrected chi connectivity index (χ4v) is 4.37. The van der Waals surface area contributed by atoms with Crippen molar-refractivity contribution in [3.05, 3.63) is 62.5 Å². The molecule has 2 aromatic carbocycles. The van der Waals surface area contributed by atoms with Crippen molar-refractivity contribution in [2.75, 3.05) is 13.2 Å². The topological polar surface area (TPSA) is 93.7 Å². The zero-order valence-corrected chi connectivity index (χ0v) is 21.0. The Labute approximate surface area is 204 Å². The van der Waals surface area contributed by atoms with Crippen molar-refractivity contribution in [3.63, 3.8) is 0 Å². The Bertz CT molecular complexity index is 899. The summed E-state index contributed by atoms with van der Waals surface area (Å²) in [5.41, 5.74) is 6.66. The highest BCUT2D eigenvalue weighted by Gasteiger charge is 2.11. The van der Waals surface area contributed by atoms with E-state index in [1.165, 1.54) is 5.56 Å². The third kappa shape index (κ3) is 9.82. The highest BCUT2D eigenvalue weighted by atomic mass is 79.9. The maximum Gasteiger partial charge on any atom is 0.305 e. The first-order valence-electron chi connectivity index (χ1n) is 10.2. The third-order valence-electron chi connectivity index (χ3n) is 4.38. The summed E-state index contributed by atoms with van der Waals surface area (Å²) < 4.78 is 12.3. The molecule has 2 N–H and O–H groups in total. The predicted molar refractivity (Wildman–Crippen MR) is 128 cm³/mol. The van der Waals surface area contributed by atoms with Crippen LogP contribution in [0.15, 0.2) is 51.4 Å². The molecule has 0 spiro atoms. The van der Waals surface area contributed by atoms with Crippen LogP contribution in [0.25, 0.3) is 0 Å². The first-order valence-corrected chi connectivity index (χ1v) is 11.8. The van der Waals surface area contributed by atoms with Gasteiger partial charge in [-0.05, 0) is 65.4 Å². The second-order valence-corrected chi connectivity index (χ2v) is 8.85. The first kappa shape index (κ1) is 25.9. The van der Waals surface area contributed by atoms with E-state index in [4.69, 9.17) is 9.47 Å². The zero-order chi connectivity index (χ0) is 23.3. The fraction of sp³-hybridized carbons (Fsp3) is 0.348. The Balaban J connectivity index is 1.54. The van der Waals surface area contributed by atoms with E-state index in [2.05, 4.69) is 42.7 Å². The van der Waals surface area contributed by atoms with Crippen molar-refractivity contribution >= 4 is 49.6 Å². The highest BCUT2D eigenvalue weighted by molar-refractivity contribution is 9.11. The summed E-state index contributed by atoms with van der Waals surface area (Å²) >= 11 is 6.77. The largest absolute Gasteiger partial charge is 0.482 e. The van der Waals surface area contributed by atoms with Gasteiger partial charge in [-0.2, -0.15) is 0 Å². The van der Waals surface area contributed by atoms with Crippen LogP contribution in [-0.2, 0) is 25.5 Å². The number of amides is 2. The van der Waals surface area contributed by atoms with Crippen LogP contribution in [0.5, 0.6) is 5.75 Å². The third-order valence-corrected chi connectivity index (χ3v) is 5.43. The molecule has 0 saturated carbocycles. The van der Waals surface area contributed by atoms with Crippen molar-refractivity contribution in [1.29, 1.82) is 0 Å². The second kappa shape index (κ2) is 13.9. The van der Waals surface area contributed by atoms with Crippen LogP contribution in [0, 0.1) is 6.92 Å². The van der Waals surface area contributed by atoms with Gasteiger partial charge in [0, 0.05) is 17.3 Å². The van der Waals surface area contributed by atoms with Crippen molar-refractivity contribution in [2.45, 2.75) is 39.0 Å². The van der Waals surface area contributed by atoms with E-state index < -0.39 is 11.8 Å². The van der Waals surface area contributed by atoms with Gasteiger partial charge in [-0.25, -0.2) is 0 Å². The molecule has 0 aromatic heterocycles. The SMILES string of the molecule is Cc1cc(Br)cc(Br)c1OCC(=O)NNC(=O)CCCC(=O)OCCCc1ccccc1. The van der Waals surface area contributed by atoms with E-state index in [0.29, 0.717) is 23.2 Å². The van der Waals surface area contributed by atoms with Crippen LogP contribution < -0.4 is 15.6 Å². The molecule has 0 unspecified atom stereocenters. The lowest BCUT2D eigenvalue weighted by molar-refractivity contribution is -0.144. The molecule has 0 atom stereocenters. The number of hydrogen-bond donors (Lipinski definition) is 2. The number of carbonyl (C=O) groups excluding carboxylic acids is 3. The molecule has 2 rings (SSSR count). The summed E-state index contributed by atoms with van der Waals surface area (Å²) in [5, 5.41) is 0. The molecule has 0 aliphatic carbocycles. The van der Waals surface area contributed by atoms with Crippen LogP contribution in [0.4, 0.5) is 0 Å². The summed E-state index contributed by atoms with van der Waals surface area (Å²) in [4.78, 5) is 35.5. The van der Waals surface area contributed by atoms with Gasteiger partial charge in [0.1, 0.15) is 5.75 Å². The molecule has 0 aliphatic heterocycles. The van der Waals surface area contributed by atoms with Gasteiger partial charge in [0.25, 0.3) is 5.91 Å². The number of hydrazine groups is 1. The van der Waals surface area contributed by atoms with E-state index in [1.807, 2.05) is 49.4 Å². The molecule has 2 amide bonds. The number of nitrogens with one attached hydrogen (secondary N) is 2. The minimum absolute atomic E-state index is 0.0949. The van der Waals surface area contributed by atoms with Crippen LogP contribution >= 0.6 is 31.9 Å². The number of hydrogen-bond acceptors (Lipinski definition) is 5. The molecule has 0 fully saturated rings. The maximum atomic E-state index is 11.9. The molecular formula is C23H26Br2N2O5. The van der Waals surface area contributed by atoms with E-state index in [0.717, 1.165) is 22.9 Å². The zero-order valence-electron chi connectivity index (χ0n) is 17.8. The maximum absolute atomic E-state index is 11.9. The molecule has 0 bridgehead atoms. The molecule has 2 aromatic rings. The molecule has 0 aliphatic rings. The van der Waals surface area contributed by atoms with E-state index in [9.17, 15) is 14.4 Å². The van der Waals surface area contributed by atoms with Gasteiger partial charge >= 0.3 is 5.97 Å². The first-order chi connectivity index (χ1) is 15.3. The molecule has 32 heavy (non-hydrogen) atoms. The molecule has 9 heteroatoms. The molecular weight excluding hydrogens is 544 g/mol.